The van der Waals surface area contributed by atoms with Crippen LogP contribution < -0.4 is 10.6 Å². The summed E-state index contributed by atoms with van der Waals surface area (Å²) in [5.41, 5.74) is -0.632. The first-order valence-corrected chi connectivity index (χ1v) is 9.59. The molecule has 1 aliphatic rings. The van der Waals surface area contributed by atoms with Crippen LogP contribution in [0.2, 0.25) is 0 Å². The topological polar surface area (TPSA) is 105 Å². The third kappa shape index (κ3) is 6.84. The van der Waals surface area contributed by atoms with Crippen LogP contribution in [0.15, 0.2) is 0 Å². The van der Waals surface area contributed by atoms with Crippen LogP contribution in [0.25, 0.3) is 0 Å². The van der Waals surface area contributed by atoms with Gasteiger partial charge in [-0.3, -0.25) is 9.59 Å². The van der Waals surface area contributed by atoms with Gasteiger partial charge in [-0.15, -0.1) is 0 Å². The van der Waals surface area contributed by atoms with E-state index in [0.717, 1.165) is 32.1 Å². The number of hydrogen-bond acceptors (Lipinski definition) is 4. The second-order valence-corrected chi connectivity index (χ2v) is 8.14. The molecule has 2 amide bonds. The standard InChI is InChI=1S/C19H34N2O5/c1-6-7-8-9-10-11-13(17(23)24)15-14(16(22)21-15)12(2)20-18(25)26-19(3,4)5/h12-15H,6-11H2,1-5H3,(H,20,25)(H,21,22)(H,23,24)/t12?,13?,14-,15-/m1/s1. The molecule has 0 aromatic rings. The Kier molecular flexibility index (Phi) is 8.37. The summed E-state index contributed by atoms with van der Waals surface area (Å²) < 4.78 is 5.21. The minimum absolute atomic E-state index is 0.226. The van der Waals surface area contributed by atoms with Crippen molar-refractivity contribution in [3.05, 3.63) is 0 Å². The molecule has 1 heterocycles. The maximum absolute atomic E-state index is 12.0. The van der Waals surface area contributed by atoms with E-state index in [4.69, 9.17) is 4.74 Å². The van der Waals surface area contributed by atoms with Gasteiger partial charge in [-0.2, -0.15) is 0 Å². The maximum atomic E-state index is 12.0. The average Bonchev–Trinajstić information content (AvgIpc) is 2.46. The lowest BCUT2D eigenvalue weighted by Crippen LogP contribution is -2.68. The molecule has 4 atom stereocenters. The molecule has 1 rings (SSSR count). The normalized spacial score (nSPS) is 22.0. The minimum atomic E-state index is -0.903. The van der Waals surface area contributed by atoms with Gasteiger partial charge in [0.05, 0.1) is 17.9 Å². The summed E-state index contributed by atoms with van der Waals surface area (Å²) in [5.74, 6) is -2.32. The molecule has 26 heavy (non-hydrogen) atoms. The van der Waals surface area contributed by atoms with Gasteiger partial charge in [0, 0.05) is 6.04 Å². The van der Waals surface area contributed by atoms with Crippen molar-refractivity contribution in [3.8, 4) is 0 Å². The predicted molar refractivity (Wildman–Crippen MR) is 98.8 cm³/mol. The van der Waals surface area contributed by atoms with Crippen LogP contribution >= 0.6 is 0 Å². The van der Waals surface area contributed by atoms with Crippen molar-refractivity contribution in [2.24, 2.45) is 11.8 Å². The summed E-state index contributed by atoms with van der Waals surface area (Å²) in [4.78, 5) is 35.6. The first kappa shape index (κ1) is 22.3. The fourth-order valence-corrected chi connectivity index (χ4v) is 3.31. The smallest absolute Gasteiger partial charge is 0.407 e. The molecular formula is C19H34N2O5. The van der Waals surface area contributed by atoms with Crippen LogP contribution in [0.5, 0.6) is 0 Å². The number of unbranched alkanes of at least 4 members (excludes halogenated alkanes) is 4. The zero-order valence-corrected chi connectivity index (χ0v) is 16.6. The third-order valence-corrected chi connectivity index (χ3v) is 4.65. The van der Waals surface area contributed by atoms with Crippen LogP contribution in [0.1, 0.15) is 73.1 Å². The summed E-state index contributed by atoms with van der Waals surface area (Å²) in [6.45, 7) is 9.12. The molecule has 1 aliphatic heterocycles. The molecule has 0 radical (unpaired) electrons. The lowest BCUT2D eigenvalue weighted by atomic mass is 9.75. The van der Waals surface area contributed by atoms with E-state index in [0.29, 0.717) is 6.42 Å². The molecule has 0 aromatic carbocycles. The number of carboxylic acids is 1. The quantitative estimate of drug-likeness (QED) is 0.405. The largest absolute Gasteiger partial charge is 0.481 e. The van der Waals surface area contributed by atoms with Gasteiger partial charge in [0.1, 0.15) is 5.60 Å². The maximum Gasteiger partial charge on any atom is 0.407 e. The van der Waals surface area contributed by atoms with Crippen molar-refractivity contribution >= 4 is 18.0 Å². The Balaban J connectivity index is 2.62. The molecule has 2 unspecified atom stereocenters. The lowest BCUT2D eigenvalue weighted by molar-refractivity contribution is -0.150. The highest BCUT2D eigenvalue weighted by Gasteiger charge is 2.49. The van der Waals surface area contributed by atoms with Gasteiger partial charge in [-0.25, -0.2) is 4.79 Å². The van der Waals surface area contributed by atoms with Crippen molar-refractivity contribution < 1.29 is 24.2 Å². The van der Waals surface area contributed by atoms with Crippen LogP contribution in [0.4, 0.5) is 4.79 Å². The summed E-state index contributed by atoms with van der Waals surface area (Å²) >= 11 is 0. The zero-order chi connectivity index (χ0) is 19.9. The van der Waals surface area contributed by atoms with Crippen molar-refractivity contribution in [1.29, 1.82) is 0 Å². The number of aliphatic carboxylic acids is 1. The number of alkyl carbamates (subject to hydrolysis) is 1. The SMILES string of the molecule is CCCCCCCC(C(=O)O)[C@H]1NC(=O)[C@@H]1C(C)NC(=O)OC(C)(C)C. The van der Waals surface area contributed by atoms with Crippen LogP contribution in [-0.2, 0) is 14.3 Å². The van der Waals surface area contributed by atoms with E-state index in [2.05, 4.69) is 17.6 Å². The molecule has 150 valence electrons. The van der Waals surface area contributed by atoms with E-state index >= 15 is 0 Å². The van der Waals surface area contributed by atoms with Gasteiger partial charge in [0.15, 0.2) is 0 Å². The number of carbonyl (C=O) groups is 3. The summed E-state index contributed by atoms with van der Waals surface area (Å²) in [6, 6.07) is -0.957. The van der Waals surface area contributed by atoms with E-state index in [-0.39, 0.29) is 5.91 Å². The molecule has 0 aliphatic carbocycles. The summed E-state index contributed by atoms with van der Waals surface area (Å²) in [5, 5.41) is 14.9. The molecule has 1 fully saturated rings. The number of carbonyl (C=O) groups excluding carboxylic acids is 2. The number of amides is 2. The number of rotatable bonds is 10. The van der Waals surface area contributed by atoms with Gasteiger partial charge in [-0.05, 0) is 34.1 Å². The Hall–Kier alpha value is -1.79. The Morgan fingerprint density at radius 2 is 1.85 bits per heavy atom. The second kappa shape index (κ2) is 9.78. The highest BCUT2D eigenvalue weighted by molar-refractivity contribution is 5.89. The molecule has 7 nitrogen and oxygen atoms in total. The lowest BCUT2D eigenvalue weighted by Gasteiger charge is -2.43. The highest BCUT2D eigenvalue weighted by Crippen LogP contribution is 2.29. The zero-order valence-electron chi connectivity index (χ0n) is 16.6. The van der Waals surface area contributed by atoms with Crippen LogP contribution in [-0.4, -0.2) is 40.8 Å². The molecule has 3 N–H and O–H groups in total. The second-order valence-electron chi connectivity index (χ2n) is 8.14. The number of β-lactam (4-membered cyclic amide) rings is 1. The van der Waals surface area contributed by atoms with E-state index in [1.165, 1.54) is 0 Å². The first-order chi connectivity index (χ1) is 12.1. The fourth-order valence-electron chi connectivity index (χ4n) is 3.31. The Morgan fingerprint density at radius 1 is 1.23 bits per heavy atom. The first-order valence-electron chi connectivity index (χ1n) is 9.59. The number of nitrogens with one attached hydrogen (secondary N) is 2. The Labute approximate surface area is 156 Å². The molecule has 0 spiro atoms. The van der Waals surface area contributed by atoms with Crippen LogP contribution in [0, 0.1) is 11.8 Å². The summed E-state index contributed by atoms with van der Waals surface area (Å²) in [7, 11) is 0. The molecular weight excluding hydrogens is 336 g/mol. The monoisotopic (exact) mass is 370 g/mol. The van der Waals surface area contributed by atoms with E-state index in [1.807, 2.05) is 0 Å². The molecule has 0 saturated carbocycles. The Bertz CT molecular complexity index is 501. The predicted octanol–water partition coefficient (Wildman–Crippen LogP) is 3.08. The van der Waals surface area contributed by atoms with Gasteiger partial charge in [0.25, 0.3) is 0 Å². The fraction of sp³-hybridized carbons (Fsp3) is 0.842. The minimum Gasteiger partial charge on any atom is -0.481 e. The van der Waals surface area contributed by atoms with Gasteiger partial charge in [-0.1, -0.05) is 39.0 Å². The molecule has 1 saturated heterocycles. The number of carboxylic acid groups (broad SMARTS) is 1. The molecule has 0 aromatic heterocycles. The van der Waals surface area contributed by atoms with E-state index in [1.54, 1.807) is 27.7 Å². The number of hydrogen-bond donors (Lipinski definition) is 3. The van der Waals surface area contributed by atoms with Crippen molar-refractivity contribution in [3.63, 3.8) is 0 Å². The van der Waals surface area contributed by atoms with E-state index < -0.39 is 41.6 Å². The van der Waals surface area contributed by atoms with Gasteiger partial charge < -0.3 is 20.5 Å². The highest BCUT2D eigenvalue weighted by atomic mass is 16.6. The van der Waals surface area contributed by atoms with Gasteiger partial charge >= 0.3 is 12.1 Å². The van der Waals surface area contributed by atoms with Crippen molar-refractivity contribution in [2.75, 3.05) is 0 Å². The molecule has 7 heteroatoms. The molecule has 0 bridgehead atoms. The third-order valence-electron chi connectivity index (χ3n) is 4.65. The van der Waals surface area contributed by atoms with Crippen LogP contribution in [0.3, 0.4) is 0 Å². The summed E-state index contributed by atoms with van der Waals surface area (Å²) in [6.07, 6.45) is 5.13. The van der Waals surface area contributed by atoms with Gasteiger partial charge in [0.2, 0.25) is 5.91 Å². The van der Waals surface area contributed by atoms with Crippen molar-refractivity contribution in [1.82, 2.24) is 10.6 Å². The van der Waals surface area contributed by atoms with E-state index in [9.17, 15) is 19.5 Å². The van der Waals surface area contributed by atoms with Crippen molar-refractivity contribution in [2.45, 2.75) is 90.8 Å². The number of ether oxygens (including phenoxy) is 1. The Morgan fingerprint density at radius 3 is 2.35 bits per heavy atom. The average molecular weight is 370 g/mol.